The second-order valence-electron chi connectivity index (χ2n) is 5.46. The average Bonchev–Trinajstić information content (AvgIpc) is 2.37. The normalized spacial score (nSPS) is 17.3. The van der Waals surface area contributed by atoms with Crippen LogP contribution >= 0.6 is 0 Å². The van der Waals surface area contributed by atoms with E-state index < -0.39 is 29.4 Å². The van der Waals surface area contributed by atoms with Gasteiger partial charge in [0.1, 0.15) is 12.1 Å². The fraction of sp³-hybridized carbons (Fsp3) is 0.692. The first kappa shape index (κ1) is 16.9. The molecule has 0 aromatic heterocycles. The Bertz CT molecular complexity index is 447. The van der Waals surface area contributed by atoms with Gasteiger partial charge in [-0.25, -0.2) is 4.79 Å². The van der Waals surface area contributed by atoms with Gasteiger partial charge in [-0.05, 0) is 26.7 Å². The molecule has 1 fully saturated rings. The summed E-state index contributed by atoms with van der Waals surface area (Å²) in [5.74, 6) is -1.84. The molecule has 0 aromatic carbocycles. The van der Waals surface area contributed by atoms with Gasteiger partial charge in [0.2, 0.25) is 5.91 Å². The Kier molecular flexibility index (Phi) is 5.69. The summed E-state index contributed by atoms with van der Waals surface area (Å²) in [5, 5.41) is 13.3. The maximum absolute atomic E-state index is 12.0. The summed E-state index contributed by atoms with van der Waals surface area (Å²) in [5.41, 5.74) is -1.08. The smallest absolute Gasteiger partial charge is 0.318 e. The second-order valence-corrected chi connectivity index (χ2v) is 5.46. The number of hydrogen-bond donors (Lipinski definition) is 3. The molecule has 0 saturated carbocycles. The van der Waals surface area contributed by atoms with E-state index in [1.807, 2.05) is 0 Å². The molecule has 1 rings (SSSR count). The third kappa shape index (κ3) is 4.73. The van der Waals surface area contributed by atoms with Crippen molar-refractivity contribution in [3.63, 3.8) is 0 Å². The van der Waals surface area contributed by atoms with Gasteiger partial charge in [0.25, 0.3) is 5.91 Å². The third-order valence-corrected chi connectivity index (χ3v) is 3.37. The lowest BCUT2D eigenvalue weighted by Gasteiger charge is -2.39. The molecule has 1 heterocycles. The summed E-state index contributed by atoms with van der Waals surface area (Å²) in [6.07, 6.45) is 2.01. The monoisotopic (exact) mass is 299 g/mol. The molecule has 3 N–H and O–H groups in total. The Morgan fingerprint density at radius 2 is 1.95 bits per heavy atom. The van der Waals surface area contributed by atoms with Crippen LogP contribution in [0.4, 0.5) is 4.79 Å². The SMILES string of the molecule is CC1(C)C(=O)NC(=O)CN1C(=O)NCCCCCC(=O)O. The summed E-state index contributed by atoms with van der Waals surface area (Å²) in [7, 11) is 0. The van der Waals surface area contributed by atoms with Crippen LogP contribution in [-0.2, 0) is 14.4 Å². The van der Waals surface area contributed by atoms with Crippen LogP contribution in [0.25, 0.3) is 0 Å². The predicted molar refractivity (Wildman–Crippen MR) is 73.4 cm³/mol. The van der Waals surface area contributed by atoms with Gasteiger partial charge >= 0.3 is 12.0 Å². The maximum Gasteiger partial charge on any atom is 0.318 e. The van der Waals surface area contributed by atoms with Crippen LogP contribution in [0.3, 0.4) is 0 Å². The molecule has 0 atom stereocenters. The fourth-order valence-electron chi connectivity index (χ4n) is 1.98. The number of hydrogen-bond acceptors (Lipinski definition) is 4. The van der Waals surface area contributed by atoms with E-state index >= 15 is 0 Å². The van der Waals surface area contributed by atoms with Gasteiger partial charge < -0.3 is 15.3 Å². The molecule has 0 unspecified atom stereocenters. The number of nitrogens with zero attached hydrogens (tertiary/aromatic N) is 1. The minimum absolute atomic E-state index is 0.113. The highest BCUT2D eigenvalue weighted by atomic mass is 16.4. The molecule has 1 aliphatic heterocycles. The van der Waals surface area contributed by atoms with Crippen molar-refractivity contribution < 1.29 is 24.3 Å². The fourth-order valence-corrected chi connectivity index (χ4v) is 1.98. The summed E-state index contributed by atoms with van der Waals surface area (Å²) >= 11 is 0. The van der Waals surface area contributed by atoms with Crippen molar-refractivity contribution in [3.8, 4) is 0 Å². The van der Waals surface area contributed by atoms with Crippen LogP contribution in [-0.4, -0.2) is 52.4 Å². The molecule has 118 valence electrons. The van der Waals surface area contributed by atoms with Crippen molar-refractivity contribution in [1.29, 1.82) is 0 Å². The quantitative estimate of drug-likeness (QED) is 0.474. The zero-order chi connectivity index (χ0) is 16.0. The topological polar surface area (TPSA) is 116 Å². The number of aliphatic carboxylic acids is 1. The lowest BCUT2D eigenvalue weighted by molar-refractivity contribution is -0.142. The first-order valence-electron chi connectivity index (χ1n) is 6.86. The minimum Gasteiger partial charge on any atom is -0.481 e. The molecular formula is C13H21N3O5. The Balaban J connectivity index is 2.38. The van der Waals surface area contributed by atoms with Crippen LogP contribution < -0.4 is 10.6 Å². The number of carboxylic acids is 1. The molecule has 0 radical (unpaired) electrons. The van der Waals surface area contributed by atoms with Crippen molar-refractivity contribution in [2.45, 2.75) is 45.1 Å². The maximum atomic E-state index is 12.0. The molecule has 1 saturated heterocycles. The van der Waals surface area contributed by atoms with E-state index in [4.69, 9.17) is 5.11 Å². The number of nitrogens with one attached hydrogen (secondary N) is 2. The Hall–Kier alpha value is -2.12. The van der Waals surface area contributed by atoms with Gasteiger partial charge in [0.15, 0.2) is 0 Å². The lowest BCUT2D eigenvalue weighted by Crippen LogP contribution is -2.67. The number of carbonyl (C=O) groups is 4. The Morgan fingerprint density at radius 3 is 2.57 bits per heavy atom. The van der Waals surface area contributed by atoms with Crippen LogP contribution in [0.2, 0.25) is 0 Å². The number of amides is 4. The van der Waals surface area contributed by atoms with Crippen molar-refractivity contribution in [1.82, 2.24) is 15.5 Å². The molecule has 8 nitrogen and oxygen atoms in total. The van der Waals surface area contributed by atoms with Crippen molar-refractivity contribution in [3.05, 3.63) is 0 Å². The molecule has 4 amide bonds. The van der Waals surface area contributed by atoms with E-state index in [9.17, 15) is 19.2 Å². The van der Waals surface area contributed by atoms with Gasteiger partial charge in [-0.2, -0.15) is 0 Å². The lowest BCUT2D eigenvalue weighted by atomic mass is 9.99. The number of urea groups is 1. The summed E-state index contributed by atoms with van der Waals surface area (Å²) < 4.78 is 0. The number of rotatable bonds is 6. The van der Waals surface area contributed by atoms with Crippen LogP contribution in [0.15, 0.2) is 0 Å². The number of piperazine rings is 1. The largest absolute Gasteiger partial charge is 0.481 e. The van der Waals surface area contributed by atoms with Crippen LogP contribution in [0.1, 0.15) is 39.5 Å². The van der Waals surface area contributed by atoms with Gasteiger partial charge in [0, 0.05) is 13.0 Å². The summed E-state index contributed by atoms with van der Waals surface area (Å²) in [6, 6.07) is -0.471. The number of unbranched alkanes of at least 4 members (excludes halogenated alkanes) is 2. The standard InChI is InChI=1S/C13H21N3O5/c1-13(2)11(20)15-9(17)8-16(13)12(21)14-7-5-3-4-6-10(18)19/h3-8H2,1-2H3,(H,14,21)(H,18,19)(H,15,17,20). The van der Waals surface area contributed by atoms with Gasteiger partial charge in [-0.1, -0.05) is 6.42 Å². The first-order chi connectivity index (χ1) is 9.75. The summed E-state index contributed by atoms with van der Waals surface area (Å²) in [6.45, 7) is 3.35. The summed E-state index contributed by atoms with van der Waals surface area (Å²) in [4.78, 5) is 46.6. The van der Waals surface area contributed by atoms with Crippen LogP contribution in [0.5, 0.6) is 0 Å². The molecular weight excluding hydrogens is 278 g/mol. The van der Waals surface area contributed by atoms with Gasteiger partial charge in [-0.15, -0.1) is 0 Å². The van der Waals surface area contributed by atoms with Crippen molar-refractivity contribution in [2.75, 3.05) is 13.1 Å². The van der Waals surface area contributed by atoms with E-state index in [1.54, 1.807) is 13.8 Å². The highest BCUT2D eigenvalue weighted by Gasteiger charge is 2.43. The third-order valence-electron chi connectivity index (χ3n) is 3.37. The molecule has 0 aliphatic carbocycles. The van der Waals surface area contributed by atoms with E-state index in [1.165, 1.54) is 4.90 Å². The number of carbonyl (C=O) groups excluding carboxylic acids is 3. The van der Waals surface area contributed by atoms with Crippen molar-refractivity contribution >= 4 is 23.8 Å². The van der Waals surface area contributed by atoms with Crippen LogP contribution in [0, 0.1) is 0 Å². The second kappa shape index (κ2) is 7.05. The molecule has 0 spiro atoms. The van der Waals surface area contributed by atoms with Gasteiger partial charge in [-0.3, -0.25) is 19.7 Å². The average molecular weight is 299 g/mol. The van der Waals surface area contributed by atoms with Gasteiger partial charge in [0.05, 0.1) is 0 Å². The highest BCUT2D eigenvalue weighted by molar-refractivity contribution is 6.05. The molecule has 8 heteroatoms. The first-order valence-corrected chi connectivity index (χ1v) is 6.86. The number of carboxylic acid groups (broad SMARTS) is 1. The van der Waals surface area contributed by atoms with Crippen molar-refractivity contribution in [2.24, 2.45) is 0 Å². The van der Waals surface area contributed by atoms with E-state index in [2.05, 4.69) is 10.6 Å². The zero-order valence-electron chi connectivity index (χ0n) is 12.3. The Morgan fingerprint density at radius 1 is 1.29 bits per heavy atom. The molecule has 21 heavy (non-hydrogen) atoms. The van der Waals surface area contributed by atoms with E-state index in [-0.39, 0.29) is 13.0 Å². The minimum atomic E-state index is -1.08. The highest BCUT2D eigenvalue weighted by Crippen LogP contribution is 2.18. The number of imide groups is 1. The van der Waals surface area contributed by atoms with E-state index in [0.717, 1.165) is 0 Å². The molecule has 0 bridgehead atoms. The predicted octanol–water partition coefficient (Wildman–Crippen LogP) is 0.0780. The zero-order valence-corrected chi connectivity index (χ0v) is 12.3. The Labute approximate surface area is 122 Å². The molecule has 1 aliphatic rings. The molecule has 0 aromatic rings. The van der Waals surface area contributed by atoms with E-state index in [0.29, 0.717) is 25.8 Å².